The lowest BCUT2D eigenvalue weighted by atomic mass is 9.90. The quantitative estimate of drug-likeness (QED) is 0.280. The Labute approximate surface area is 235 Å². The molecule has 40 heavy (non-hydrogen) atoms. The number of amides is 2. The lowest BCUT2D eigenvalue weighted by Crippen LogP contribution is -2.47. The van der Waals surface area contributed by atoms with Crippen molar-refractivity contribution in [2.24, 2.45) is 5.92 Å². The van der Waals surface area contributed by atoms with Gasteiger partial charge >= 0.3 is 0 Å². The van der Waals surface area contributed by atoms with Crippen LogP contribution in [0.3, 0.4) is 0 Å². The van der Waals surface area contributed by atoms with E-state index < -0.39 is 5.92 Å². The number of hydrogen-bond donors (Lipinski definition) is 1. The van der Waals surface area contributed by atoms with E-state index in [-0.39, 0.29) is 29.7 Å². The van der Waals surface area contributed by atoms with E-state index in [0.717, 1.165) is 27.8 Å². The first-order valence-electron chi connectivity index (χ1n) is 13.3. The van der Waals surface area contributed by atoms with Gasteiger partial charge in [0.2, 0.25) is 5.91 Å². The zero-order chi connectivity index (χ0) is 27.8. The van der Waals surface area contributed by atoms with Gasteiger partial charge in [0.05, 0.1) is 46.6 Å². The average molecular weight is 554 g/mol. The minimum atomic E-state index is -0.429. The summed E-state index contributed by atoms with van der Waals surface area (Å²) in [6.45, 7) is 3.86. The maximum atomic E-state index is 14.1. The van der Waals surface area contributed by atoms with Gasteiger partial charge in [-0.1, -0.05) is 37.3 Å². The third-order valence-corrected chi connectivity index (χ3v) is 8.53. The Balaban J connectivity index is 1.36. The van der Waals surface area contributed by atoms with Gasteiger partial charge in [0.15, 0.2) is 0 Å². The Hall–Kier alpha value is -4.37. The van der Waals surface area contributed by atoms with Crippen molar-refractivity contribution in [2.75, 3.05) is 4.90 Å². The topological polar surface area (TPSA) is 80.1 Å². The number of aryl methyl sites for hydroxylation is 1. The molecule has 7 nitrogen and oxygen atoms in total. The van der Waals surface area contributed by atoms with Crippen LogP contribution in [0.15, 0.2) is 84.5 Å². The van der Waals surface area contributed by atoms with E-state index in [9.17, 15) is 14.0 Å². The summed E-state index contributed by atoms with van der Waals surface area (Å²) in [5.41, 5.74) is 5.74. The van der Waals surface area contributed by atoms with E-state index in [0.29, 0.717) is 23.4 Å². The van der Waals surface area contributed by atoms with Crippen molar-refractivity contribution in [1.29, 1.82) is 0 Å². The first-order chi connectivity index (χ1) is 19.4. The van der Waals surface area contributed by atoms with E-state index in [2.05, 4.69) is 15.4 Å². The molecule has 0 spiro atoms. The molecule has 9 heteroatoms. The number of benzene rings is 3. The highest BCUT2D eigenvalue weighted by atomic mass is 32.1. The average Bonchev–Trinajstić information content (AvgIpc) is 3.66. The van der Waals surface area contributed by atoms with Crippen molar-refractivity contribution in [1.82, 2.24) is 20.1 Å². The van der Waals surface area contributed by atoms with Crippen molar-refractivity contribution in [3.63, 3.8) is 0 Å². The van der Waals surface area contributed by atoms with Crippen LogP contribution in [0.25, 0.3) is 16.6 Å². The molecule has 3 heterocycles. The normalized spacial score (nSPS) is 18.9. The third-order valence-electron chi connectivity index (χ3n) is 7.60. The molecule has 2 amide bonds. The highest BCUT2D eigenvalue weighted by Crippen LogP contribution is 2.36. The molecule has 0 aliphatic carbocycles. The molecule has 1 saturated heterocycles. The molecular formula is C31H28FN5O2S. The van der Waals surface area contributed by atoms with Gasteiger partial charge in [0, 0.05) is 11.1 Å². The van der Waals surface area contributed by atoms with Gasteiger partial charge in [-0.25, -0.2) is 14.1 Å². The Morgan fingerprint density at radius 1 is 1.05 bits per heavy atom. The van der Waals surface area contributed by atoms with Crippen LogP contribution in [0.1, 0.15) is 34.3 Å². The highest BCUT2D eigenvalue weighted by molar-refractivity contribution is 7.11. The van der Waals surface area contributed by atoms with Crippen molar-refractivity contribution in [3.8, 4) is 5.69 Å². The number of thiazole rings is 1. The molecular weight excluding hydrogens is 525 g/mol. The fourth-order valence-corrected chi connectivity index (χ4v) is 6.36. The Bertz CT molecular complexity index is 1680. The van der Waals surface area contributed by atoms with Crippen LogP contribution in [-0.2, 0) is 11.2 Å². The van der Waals surface area contributed by atoms with Gasteiger partial charge in [0.1, 0.15) is 10.7 Å². The number of aromatic nitrogens is 3. The number of carbonyl (C=O) groups excluding carboxylic acids is 2. The number of rotatable bonds is 7. The van der Waals surface area contributed by atoms with Crippen molar-refractivity contribution < 1.29 is 14.0 Å². The van der Waals surface area contributed by atoms with Crippen LogP contribution in [0.5, 0.6) is 0 Å². The van der Waals surface area contributed by atoms with Crippen LogP contribution in [-0.4, -0.2) is 38.7 Å². The van der Waals surface area contributed by atoms with E-state index in [4.69, 9.17) is 0 Å². The molecule has 0 radical (unpaired) electrons. The number of anilines is 1. The summed E-state index contributed by atoms with van der Waals surface area (Å²) in [4.78, 5) is 34.1. The lowest BCUT2D eigenvalue weighted by molar-refractivity contribution is -0.120. The van der Waals surface area contributed by atoms with Crippen LogP contribution in [0, 0.1) is 18.7 Å². The summed E-state index contributed by atoms with van der Waals surface area (Å²) in [6.07, 6.45) is 2.93. The summed E-state index contributed by atoms with van der Waals surface area (Å²) in [5, 5.41) is 8.58. The van der Waals surface area contributed by atoms with Gasteiger partial charge in [-0.3, -0.25) is 9.59 Å². The molecule has 1 N–H and O–H groups in total. The molecule has 0 saturated carbocycles. The van der Waals surface area contributed by atoms with Gasteiger partial charge < -0.3 is 10.2 Å². The van der Waals surface area contributed by atoms with Crippen LogP contribution < -0.4 is 10.2 Å². The van der Waals surface area contributed by atoms with Gasteiger partial charge in [-0.05, 0) is 67.8 Å². The smallest absolute Gasteiger partial charge is 0.263 e. The summed E-state index contributed by atoms with van der Waals surface area (Å²) in [6, 6.07) is 21.3. The highest BCUT2D eigenvalue weighted by Gasteiger charge is 2.48. The minimum absolute atomic E-state index is 0.0210. The first-order valence-corrected chi connectivity index (χ1v) is 14.1. The number of hydrogen-bond acceptors (Lipinski definition) is 5. The molecule has 1 aliphatic rings. The van der Waals surface area contributed by atoms with Gasteiger partial charge in [-0.15, -0.1) is 11.3 Å². The molecule has 3 aromatic carbocycles. The summed E-state index contributed by atoms with van der Waals surface area (Å²) in [5.74, 6) is -0.959. The predicted molar refractivity (Wildman–Crippen MR) is 154 cm³/mol. The zero-order valence-corrected chi connectivity index (χ0v) is 22.9. The lowest BCUT2D eigenvalue weighted by Gasteiger charge is -2.28. The van der Waals surface area contributed by atoms with Crippen LogP contribution in [0.2, 0.25) is 0 Å². The summed E-state index contributed by atoms with van der Waals surface area (Å²) in [7, 11) is 0. The third kappa shape index (κ3) is 4.66. The van der Waals surface area contributed by atoms with Crippen molar-refractivity contribution in [3.05, 3.63) is 106 Å². The monoisotopic (exact) mass is 553 g/mol. The fraction of sp³-hybridized carbons (Fsp3) is 0.226. The number of fused-ring (bicyclic) bond motifs is 1. The van der Waals surface area contributed by atoms with Gasteiger partial charge in [0.25, 0.3) is 5.91 Å². The molecule has 0 bridgehead atoms. The molecule has 3 unspecified atom stereocenters. The minimum Gasteiger partial charge on any atom is -0.346 e. The molecule has 1 fully saturated rings. The maximum absolute atomic E-state index is 14.1. The Morgan fingerprint density at radius 3 is 2.50 bits per heavy atom. The number of nitrogens with one attached hydrogen (secondary N) is 1. The van der Waals surface area contributed by atoms with E-state index in [1.165, 1.54) is 23.5 Å². The Morgan fingerprint density at radius 2 is 1.80 bits per heavy atom. The van der Waals surface area contributed by atoms with Crippen LogP contribution in [0.4, 0.5) is 10.1 Å². The first kappa shape index (κ1) is 25.9. The van der Waals surface area contributed by atoms with E-state index >= 15 is 0 Å². The molecule has 5 aromatic rings. The maximum Gasteiger partial charge on any atom is 0.263 e. The molecule has 3 atom stereocenters. The molecule has 6 rings (SSSR count). The molecule has 2 aromatic heterocycles. The second-order valence-electron chi connectivity index (χ2n) is 10.0. The summed E-state index contributed by atoms with van der Waals surface area (Å²) >= 11 is 1.30. The van der Waals surface area contributed by atoms with Gasteiger partial charge in [-0.2, -0.15) is 5.10 Å². The Kier molecular flexibility index (Phi) is 6.89. The predicted octanol–water partition coefficient (Wildman–Crippen LogP) is 5.71. The van der Waals surface area contributed by atoms with E-state index in [1.807, 2.05) is 67.3 Å². The number of nitrogens with zero attached hydrogens (tertiary/aromatic N) is 4. The van der Waals surface area contributed by atoms with Crippen molar-refractivity contribution in [2.45, 2.75) is 38.8 Å². The van der Waals surface area contributed by atoms with E-state index in [1.54, 1.807) is 28.5 Å². The second kappa shape index (κ2) is 10.7. The van der Waals surface area contributed by atoms with Crippen molar-refractivity contribution >= 4 is 39.7 Å². The summed E-state index contributed by atoms with van der Waals surface area (Å²) < 4.78 is 15.2. The number of halogens is 1. The number of carbonyl (C=O) groups is 2. The SMILES string of the molecule is CCC1C(NC(=O)c2scnc2C)C(Cc2ccccc2)C(=O)N1c1ccc2c(cnn2-c2ccc(F)cc2)c1. The standard InChI is InChI=1S/C31H28FN5O2S/c1-3-26-28(35-30(38)29-19(2)33-18-40-29)25(15-20-7-5-4-6-8-20)31(39)36(26)24-13-14-27-21(16-24)17-34-37(27)23-11-9-22(32)10-12-23/h4-14,16-18,25-26,28H,3,15H2,1-2H3,(H,35,38). The molecule has 202 valence electrons. The zero-order valence-electron chi connectivity index (χ0n) is 22.1. The largest absolute Gasteiger partial charge is 0.346 e. The van der Waals surface area contributed by atoms with Crippen LogP contribution >= 0.6 is 11.3 Å². The molecule has 1 aliphatic heterocycles. The fourth-order valence-electron chi connectivity index (χ4n) is 5.65. The second-order valence-corrected chi connectivity index (χ2v) is 10.9.